The van der Waals surface area contributed by atoms with E-state index in [4.69, 9.17) is 13.8 Å². The molecule has 6 aromatic carbocycles. The van der Waals surface area contributed by atoms with Crippen LogP contribution in [0.3, 0.4) is 0 Å². The summed E-state index contributed by atoms with van der Waals surface area (Å²) in [6.07, 6.45) is -0.480. The molecular weight excluding hydrogens is 542 g/mol. The topological polar surface area (TPSA) is 62.7 Å². The molecule has 210 valence electrons. The van der Waals surface area contributed by atoms with Gasteiger partial charge in [0.25, 0.3) is 0 Å². The molecule has 1 aliphatic rings. The van der Waals surface area contributed by atoms with Gasteiger partial charge >= 0.3 is 0 Å². The van der Waals surface area contributed by atoms with E-state index in [9.17, 15) is 0 Å². The van der Waals surface area contributed by atoms with E-state index in [1.807, 2.05) is 36.4 Å². The van der Waals surface area contributed by atoms with Crippen LogP contribution in [0.4, 0.5) is 0 Å². The van der Waals surface area contributed by atoms with Gasteiger partial charge in [-0.2, -0.15) is 0 Å². The Balaban J connectivity index is 1.19. The third kappa shape index (κ3) is 4.02. The highest BCUT2D eigenvalue weighted by Crippen LogP contribution is 2.38. The van der Waals surface area contributed by atoms with Gasteiger partial charge in [0, 0.05) is 21.5 Å². The minimum atomic E-state index is -0.317. The van der Waals surface area contributed by atoms with E-state index in [0.29, 0.717) is 0 Å². The molecule has 44 heavy (non-hydrogen) atoms. The largest absolute Gasteiger partial charge is 0.456 e. The van der Waals surface area contributed by atoms with Gasteiger partial charge in [-0.25, -0.2) is 4.99 Å². The Morgan fingerprint density at radius 1 is 0.523 bits per heavy atom. The number of aliphatic imine (C=N–C) groups is 1. The number of furan rings is 2. The lowest BCUT2D eigenvalue weighted by Gasteiger charge is -2.32. The highest BCUT2D eigenvalue weighted by Gasteiger charge is 2.28. The molecule has 0 saturated heterocycles. The average molecular weight is 570 g/mol. The minimum absolute atomic E-state index is 0.163. The van der Waals surface area contributed by atoms with Gasteiger partial charge in [-0.3, -0.25) is 5.32 Å². The van der Waals surface area contributed by atoms with Gasteiger partial charge in [-0.1, -0.05) is 115 Å². The van der Waals surface area contributed by atoms with Crippen LogP contribution in [-0.2, 0) is 0 Å². The first kappa shape index (κ1) is 24.9. The summed E-state index contributed by atoms with van der Waals surface area (Å²) in [5.74, 6) is 0.781. The summed E-state index contributed by atoms with van der Waals surface area (Å²) in [6.45, 7) is 0. The summed E-state index contributed by atoms with van der Waals surface area (Å²) in [5.41, 5.74) is 8.83. The fourth-order valence-electron chi connectivity index (χ4n) is 6.49. The van der Waals surface area contributed by atoms with Gasteiger partial charge in [0.2, 0.25) is 0 Å². The van der Waals surface area contributed by atoms with Crippen molar-refractivity contribution >= 4 is 49.7 Å². The molecule has 2 unspecified atom stereocenters. The molecule has 0 radical (unpaired) electrons. The van der Waals surface area contributed by atoms with Gasteiger partial charge in [0.05, 0.1) is 5.56 Å². The second kappa shape index (κ2) is 9.97. The van der Waals surface area contributed by atoms with Crippen LogP contribution in [0.1, 0.15) is 29.0 Å². The van der Waals surface area contributed by atoms with Crippen LogP contribution >= 0.6 is 0 Å². The first-order valence-corrected chi connectivity index (χ1v) is 14.9. The lowest BCUT2D eigenvalue weighted by molar-refractivity contribution is 0.409. The van der Waals surface area contributed by atoms with Crippen LogP contribution in [0.2, 0.25) is 0 Å². The molecule has 1 aliphatic heterocycles. The monoisotopic (exact) mass is 569 g/mol. The highest BCUT2D eigenvalue weighted by atomic mass is 16.3. The van der Waals surface area contributed by atoms with Crippen LogP contribution in [0.5, 0.6) is 0 Å². The van der Waals surface area contributed by atoms with E-state index in [-0.39, 0.29) is 12.3 Å². The maximum absolute atomic E-state index is 6.45. The number of hydrogen-bond acceptors (Lipinski definition) is 5. The maximum Gasteiger partial charge on any atom is 0.146 e. The van der Waals surface area contributed by atoms with E-state index in [0.717, 1.165) is 72.0 Å². The number of benzene rings is 6. The van der Waals surface area contributed by atoms with Crippen LogP contribution in [-0.4, -0.2) is 5.84 Å². The van der Waals surface area contributed by atoms with Crippen molar-refractivity contribution in [3.63, 3.8) is 0 Å². The SMILES string of the molecule is c1ccc(-c2cccc3oc4cc(C5N=C(c6cccc7c6oc6ccccc67)NC(c6ccccc6)N5)ccc4c23)cc1. The van der Waals surface area contributed by atoms with E-state index >= 15 is 0 Å². The Hall–Kier alpha value is -5.65. The Kier molecular flexibility index (Phi) is 5.64. The van der Waals surface area contributed by atoms with Gasteiger partial charge < -0.3 is 14.2 Å². The normalized spacial score (nSPS) is 16.9. The maximum atomic E-state index is 6.45. The number of amidine groups is 1. The number of rotatable bonds is 4. The summed E-state index contributed by atoms with van der Waals surface area (Å²) >= 11 is 0. The molecule has 0 saturated carbocycles. The zero-order chi connectivity index (χ0) is 29.0. The molecule has 0 amide bonds. The Labute approximate surface area is 253 Å². The van der Waals surface area contributed by atoms with Crippen molar-refractivity contribution < 1.29 is 8.83 Å². The summed E-state index contributed by atoms with van der Waals surface area (Å²) in [6, 6.07) is 48.0. The lowest BCUT2D eigenvalue weighted by atomic mass is 9.99. The molecule has 5 heteroatoms. The molecule has 9 rings (SSSR count). The molecule has 5 nitrogen and oxygen atoms in total. The summed E-state index contributed by atoms with van der Waals surface area (Å²) < 4.78 is 12.9. The molecule has 0 aliphatic carbocycles. The average Bonchev–Trinajstić information content (AvgIpc) is 3.67. The number of para-hydroxylation sites is 2. The smallest absolute Gasteiger partial charge is 0.146 e. The van der Waals surface area contributed by atoms with Crippen molar-refractivity contribution in [2.75, 3.05) is 0 Å². The molecule has 8 aromatic rings. The Bertz CT molecular complexity index is 2350. The fraction of sp³-hybridized carbons (Fsp3) is 0.0513. The molecule has 0 bridgehead atoms. The number of fused-ring (bicyclic) bond motifs is 6. The van der Waals surface area contributed by atoms with Crippen LogP contribution in [0.15, 0.2) is 153 Å². The van der Waals surface area contributed by atoms with Crippen molar-refractivity contribution in [2.45, 2.75) is 12.3 Å². The zero-order valence-corrected chi connectivity index (χ0v) is 23.7. The number of nitrogens with one attached hydrogen (secondary N) is 2. The third-order valence-electron chi connectivity index (χ3n) is 8.58. The lowest BCUT2D eigenvalue weighted by Crippen LogP contribution is -2.45. The number of hydrogen-bond donors (Lipinski definition) is 2. The molecule has 0 spiro atoms. The molecule has 3 heterocycles. The third-order valence-corrected chi connectivity index (χ3v) is 8.58. The van der Waals surface area contributed by atoms with E-state index in [1.54, 1.807) is 0 Å². The van der Waals surface area contributed by atoms with Gasteiger partial charge in [0.1, 0.15) is 40.5 Å². The summed E-state index contributed by atoms with van der Waals surface area (Å²) in [5, 5.41) is 11.8. The van der Waals surface area contributed by atoms with E-state index in [2.05, 4.69) is 114 Å². The van der Waals surface area contributed by atoms with Crippen LogP contribution < -0.4 is 10.6 Å². The first-order chi connectivity index (χ1) is 21.8. The van der Waals surface area contributed by atoms with Crippen molar-refractivity contribution in [3.05, 3.63) is 156 Å². The summed E-state index contributed by atoms with van der Waals surface area (Å²) in [7, 11) is 0. The van der Waals surface area contributed by atoms with Crippen LogP contribution in [0, 0.1) is 0 Å². The fourth-order valence-corrected chi connectivity index (χ4v) is 6.49. The standard InChI is InChI=1S/C39H27N3O2/c1-3-11-24(12-4-1)27-16-10-20-33-35(27)30-22-21-26(23-34(30)43-33)38-40-37(25-13-5-2-6-14-25)41-39(42-38)31-18-9-17-29-28-15-7-8-19-32(28)44-36(29)31/h1-23,37-38,40H,(H,41,42). The number of nitrogens with zero attached hydrogens (tertiary/aromatic N) is 1. The summed E-state index contributed by atoms with van der Waals surface area (Å²) in [4.78, 5) is 5.24. The Morgan fingerprint density at radius 3 is 2.14 bits per heavy atom. The molecular formula is C39H27N3O2. The second-order valence-corrected chi connectivity index (χ2v) is 11.2. The van der Waals surface area contributed by atoms with Crippen molar-refractivity contribution in [3.8, 4) is 11.1 Å². The van der Waals surface area contributed by atoms with Crippen LogP contribution in [0.25, 0.3) is 55.0 Å². The van der Waals surface area contributed by atoms with Gasteiger partial charge in [-0.15, -0.1) is 0 Å². The quantitative estimate of drug-likeness (QED) is 0.222. The van der Waals surface area contributed by atoms with Gasteiger partial charge in [0.15, 0.2) is 0 Å². The second-order valence-electron chi connectivity index (χ2n) is 11.2. The van der Waals surface area contributed by atoms with Crippen molar-refractivity contribution in [2.24, 2.45) is 4.99 Å². The molecule has 2 atom stereocenters. The van der Waals surface area contributed by atoms with E-state index in [1.165, 1.54) is 5.56 Å². The highest BCUT2D eigenvalue weighted by molar-refractivity contribution is 6.15. The molecule has 2 aromatic heterocycles. The van der Waals surface area contributed by atoms with E-state index < -0.39 is 0 Å². The zero-order valence-electron chi connectivity index (χ0n) is 23.7. The minimum Gasteiger partial charge on any atom is -0.456 e. The molecule has 0 fully saturated rings. The van der Waals surface area contributed by atoms with Crippen molar-refractivity contribution in [1.82, 2.24) is 10.6 Å². The first-order valence-electron chi connectivity index (χ1n) is 14.9. The predicted octanol–water partition coefficient (Wildman–Crippen LogP) is 9.49. The predicted molar refractivity (Wildman–Crippen MR) is 178 cm³/mol. The van der Waals surface area contributed by atoms with Crippen molar-refractivity contribution in [1.29, 1.82) is 0 Å². The van der Waals surface area contributed by atoms with Gasteiger partial charge in [-0.05, 0) is 46.5 Å². The Morgan fingerprint density at radius 2 is 1.25 bits per heavy atom. The molecule has 2 N–H and O–H groups in total.